The zero-order valence-corrected chi connectivity index (χ0v) is 25.0. The van der Waals surface area contributed by atoms with Crippen molar-refractivity contribution in [1.82, 2.24) is 24.8 Å². The van der Waals surface area contributed by atoms with Crippen LogP contribution >= 0.6 is 0 Å². The Morgan fingerprint density at radius 2 is 1.74 bits per heavy atom. The van der Waals surface area contributed by atoms with E-state index in [1.54, 1.807) is 0 Å². The molecule has 3 aliphatic rings. The van der Waals surface area contributed by atoms with Crippen molar-refractivity contribution in [3.8, 4) is 11.1 Å². The number of urea groups is 1. The normalized spacial score (nSPS) is 20.0. The number of pyridine rings is 1. The van der Waals surface area contributed by atoms with Crippen LogP contribution in [0.1, 0.15) is 76.3 Å². The smallest absolute Gasteiger partial charge is 0.317 e. The average molecular weight is 573 g/mol. The zero-order valence-electron chi connectivity index (χ0n) is 25.0. The molecule has 0 radical (unpaired) electrons. The minimum Gasteiger partial charge on any atom is -0.381 e. The molecular formula is C33H44N6O3. The molecule has 1 aliphatic carbocycles. The molecule has 42 heavy (non-hydrogen) atoms. The standard InChI is InChI=1S/C33H44N6O3/c1-22-8-6-7-11-28(22)29-20-25-21-34-32(37-30(25)39(31(29)40)27-14-18-42-19-15-27)36-26-12-16-38(17-13-26)33(41)35-23(2)24-9-4-3-5-10-24/h6-8,11,20-21,23-24,26-27H,3-5,9-10,12-19H2,1-2H3,(H,35,41)(H,34,36,37)/t23-/m1/s1. The summed E-state index contributed by atoms with van der Waals surface area (Å²) in [7, 11) is 0. The van der Waals surface area contributed by atoms with E-state index in [-0.39, 0.29) is 29.7 Å². The van der Waals surface area contributed by atoms with Crippen molar-refractivity contribution in [1.29, 1.82) is 0 Å². The van der Waals surface area contributed by atoms with Crippen molar-refractivity contribution in [2.24, 2.45) is 5.92 Å². The molecule has 1 saturated carbocycles. The summed E-state index contributed by atoms with van der Waals surface area (Å²) in [5, 5.41) is 7.63. The van der Waals surface area contributed by atoms with Gasteiger partial charge in [0.25, 0.3) is 5.56 Å². The van der Waals surface area contributed by atoms with Gasteiger partial charge in [-0.2, -0.15) is 4.98 Å². The van der Waals surface area contributed by atoms with E-state index in [1.165, 1.54) is 32.1 Å². The number of fused-ring (bicyclic) bond motifs is 1. The van der Waals surface area contributed by atoms with E-state index in [0.717, 1.165) is 42.2 Å². The number of hydrogen-bond acceptors (Lipinski definition) is 6. The first kappa shape index (κ1) is 28.6. The predicted molar refractivity (Wildman–Crippen MR) is 166 cm³/mol. The Balaban J connectivity index is 1.18. The molecule has 1 atom stereocenters. The number of nitrogens with one attached hydrogen (secondary N) is 2. The highest BCUT2D eigenvalue weighted by molar-refractivity contribution is 5.82. The molecule has 9 heteroatoms. The third-order valence-electron chi connectivity index (χ3n) is 9.59. The maximum absolute atomic E-state index is 14.0. The van der Waals surface area contributed by atoms with Gasteiger partial charge in [0.15, 0.2) is 0 Å². The molecule has 4 heterocycles. The van der Waals surface area contributed by atoms with Crippen molar-refractivity contribution in [2.45, 2.75) is 89.8 Å². The average Bonchev–Trinajstić information content (AvgIpc) is 3.02. The van der Waals surface area contributed by atoms with Gasteiger partial charge in [0, 0.05) is 61.6 Å². The molecule has 224 valence electrons. The molecule has 0 unspecified atom stereocenters. The molecule has 2 aromatic heterocycles. The number of likely N-dealkylation sites (tertiary alicyclic amines) is 1. The van der Waals surface area contributed by atoms with Gasteiger partial charge in [-0.3, -0.25) is 9.36 Å². The number of carbonyl (C=O) groups excluding carboxylic acids is 1. The molecule has 2 N–H and O–H groups in total. The van der Waals surface area contributed by atoms with Gasteiger partial charge in [0.05, 0.1) is 0 Å². The number of ether oxygens (including phenoxy) is 1. The fourth-order valence-electron chi connectivity index (χ4n) is 6.99. The van der Waals surface area contributed by atoms with Gasteiger partial charge < -0.3 is 20.3 Å². The molecule has 3 aromatic rings. The Hall–Kier alpha value is -3.46. The summed E-state index contributed by atoms with van der Waals surface area (Å²) in [6.07, 6.45) is 11.3. The van der Waals surface area contributed by atoms with Gasteiger partial charge in [-0.05, 0) is 75.5 Å². The lowest BCUT2D eigenvalue weighted by Gasteiger charge is -2.35. The minimum absolute atomic E-state index is 0.0184. The van der Waals surface area contributed by atoms with Crippen LogP contribution in [-0.2, 0) is 4.74 Å². The van der Waals surface area contributed by atoms with Crippen LogP contribution in [0.4, 0.5) is 10.7 Å². The maximum Gasteiger partial charge on any atom is 0.317 e. The molecule has 2 aliphatic heterocycles. The lowest BCUT2D eigenvalue weighted by Crippen LogP contribution is -2.50. The highest BCUT2D eigenvalue weighted by atomic mass is 16.5. The predicted octanol–water partition coefficient (Wildman–Crippen LogP) is 5.67. The van der Waals surface area contributed by atoms with Crippen molar-refractivity contribution in [3.63, 3.8) is 0 Å². The second kappa shape index (κ2) is 12.8. The van der Waals surface area contributed by atoms with E-state index in [2.05, 4.69) is 22.5 Å². The van der Waals surface area contributed by atoms with Gasteiger partial charge in [0.2, 0.25) is 5.95 Å². The number of rotatable bonds is 6. The summed E-state index contributed by atoms with van der Waals surface area (Å²) in [6, 6.07) is 10.4. The topological polar surface area (TPSA) is 101 Å². The number of aryl methyl sites for hydroxylation is 1. The third-order valence-corrected chi connectivity index (χ3v) is 9.59. The van der Waals surface area contributed by atoms with Crippen molar-refractivity contribution in [3.05, 3.63) is 52.4 Å². The number of amides is 2. The van der Waals surface area contributed by atoms with Crippen molar-refractivity contribution in [2.75, 3.05) is 31.6 Å². The SMILES string of the molecule is Cc1ccccc1-c1cc2cnc(NC3CCN(C(=O)N[C@H](C)C4CCCCC4)CC3)nc2n(C2CCOCC2)c1=O. The molecular weight excluding hydrogens is 528 g/mol. The van der Waals surface area contributed by atoms with Crippen LogP contribution in [0.25, 0.3) is 22.2 Å². The Bertz CT molecular complexity index is 1450. The number of anilines is 1. The van der Waals surface area contributed by atoms with Gasteiger partial charge in [0.1, 0.15) is 5.65 Å². The Kier molecular flexibility index (Phi) is 8.74. The fraction of sp³-hybridized carbons (Fsp3) is 0.576. The summed E-state index contributed by atoms with van der Waals surface area (Å²) in [6.45, 7) is 6.85. The monoisotopic (exact) mass is 572 g/mol. The second-order valence-electron chi connectivity index (χ2n) is 12.4. The number of nitrogens with zero attached hydrogens (tertiary/aromatic N) is 4. The van der Waals surface area contributed by atoms with Crippen LogP contribution in [0.3, 0.4) is 0 Å². The van der Waals surface area contributed by atoms with Crippen molar-refractivity contribution < 1.29 is 9.53 Å². The van der Waals surface area contributed by atoms with Crippen LogP contribution in [0, 0.1) is 12.8 Å². The maximum atomic E-state index is 14.0. The summed E-state index contributed by atoms with van der Waals surface area (Å²) >= 11 is 0. The van der Waals surface area contributed by atoms with Gasteiger partial charge >= 0.3 is 6.03 Å². The van der Waals surface area contributed by atoms with Gasteiger partial charge in [-0.25, -0.2) is 9.78 Å². The number of hydrogen-bond donors (Lipinski definition) is 2. The number of carbonyl (C=O) groups is 1. The quantitative estimate of drug-likeness (QED) is 0.395. The molecule has 0 bridgehead atoms. The van der Waals surface area contributed by atoms with Crippen LogP contribution in [0.5, 0.6) is 0 Å². The number of piperidine rings is 1. The molecule has 2 amide bonds. The molecule has 6 rings (SSSR count). The summed E-state index contributed by atoms with van der Waals surface area (Å²) in [5.41, 5.74) is 3.33. The van der Waals surface area contributed by atoms with Crippen LogP contribution in [0.2, 0.25) is 0 Å². The Labute approximate surface area is 248 Å². The van der Waals surface area contributed by atoms with E-state index >= 15 is 0 Å². The lowest BCUT2D eigenvalue weighted by molar-refractivity contribution is 0.0697. The first-order valence-electron chi connectivity index (χ1n) is 15.9. The van der Waals surface area contributed by atoms with Crippen LogP contribution < -0.4 is 16.2 Å². The summed E-state index contributed by atoms with van der Waals surface area (Å²) in [4.78, 5) is 38.5. The summed E-state index contributed by atoms with van der Waals surface area (Å²) < 4.78 is 7.50. The minimum atomic E-state index is -0.0184. The Morgan fingerprint density at radius 1 is 1.00 bits per heavy atom. The largest absolute Gasteiger partial charge is 0.381 e. The first-order valence-corrected chi connectivity index (χ1v) is 15.9. The Morgan fingerprint density at radius 3 is 2.48 bits per heavy atom. The van der Waals surface area contributed by atoms with E-state index in [4.69, 9.17) is 9.72 Å². The number of benzene rings is 1. The van der Waals surface area contributed by atoms with E-state index in [1.807, 2.05) is 52.9 Å². The third kappa shape index (κ3) is 6.16. The van der Waals surface area contributed by atoms with Crippen LogP contribution in [0.15, 0.2) is 41.3 Å². The zero-order chi connectivity index (χ0) is 29.1. The summed E-state index contributed by atoms with van der Waals surface area (Å²) in [5.74, 6) is 1.12. The van der Waals surface area contributed by atoms with E-state index < -0.39 is 0 Å². The molecule has 3 fully saturated rings. The fourth-order valence-corrected chi connectivity index (χ4v) is 6.99. The van der Waals surface area contributed by atoms with Crippen LogP contribution in [-0.4, -0.2) is 63.9 Å². The molecule has 9 nitrogen and oxygen atoms in total. The highest BCUT2D eigenvalue weighted by Gasteiger charge is 2.28. The molecule has 1 aromatic carbocycles. The lowest BCUT2D eigenvalue weighted by atomic mass is 9.84. The second-order valence-corrected chi connectivity index (χ2v) is 12.4. The van der Waals surface area contributed by atoms with Gasteiger partial charge in [-0.15, -0.1) is 0 Å². The van der Waals surface area contributed by atoms with E-state index in [0.29, 0.717) is 49.4 Å². The highest BCUT2D eigenvalue weighted by Crippen LogP contribution is 2.29. The first-order chi connectivity index (χ1) is 20.5. The van der Waals surface area contributed by atoms with Gasteiger partial charge in [-0.1, -0.05) is 43.5 Å². The molecule has 2 saturated heterocycles. The molecule has 0 spiro atoms. The van der Waals surface area contributed by atoms with E-state index in [9.17, 15) is 9.59 Å². The number of aromatic nitrogens is 3. The van der Waals surface area contributed by atoms with Crippen molar-refractivity contribution >= 4 is 23.0 Å².